The molecule has 0 radical (unpaired) electrons. The Kier molecular flexibility index (Phi) is 5.84. The van der Waals surface area contributed by atoms with Crippen LogP contribution in [0.5, 0.6) is 0 Å². The fourth-order valence-electron chi connectivity index (χ4n) is 4.69. The molecule has 2 aromatic heterocycles. The van der Waals surface area contributed by atoms with Gasteiger partial charge in [-0.1, -0.05) is 12.1 Å². The number of aromatic nitrogens is 5. The first-order valence-corrected chi connectivity index (χ1v) is 10.6. The molecule has 0 saturated heterocycles. The summed E-state index contributed by atoms with van der Waals surface area (Å²) in [5, 5.41) is 11.7. The van der Waals surface area contributed by atoms with E-state index in [-0.39, 0.29) is 17.3 Å². The zero-order chi connectivity index (χ0) is 20.0. The molecular weight excluding hydrogens is 419 g/mol. The molecule has 0 spiro atoms. The van der Waals surface area contributed by atoms with Crippen LogP contribution in [0.1, 0.15) is 65.8 Å². The van der Waals surface area contributed by atoms with Gasteiger partial charge in [0, 0.05) is 23.9 Å². The van der Waals surface area contributed by atoms with E-state index in [0.29, 0.717) is 12.5 Å². The van der Waals surface area contributed by atoms with Crippen molar-refractivity contribution in [2.45, 2.75) is 63.4 Å². The molecule has 1 fully saturated rings. The number of rotatable bonds is 2. The monoisotopic (exact) mass is 444 g/mol. The fraction of sp³-hybridized carbons (Fsp3) is 0.455. The summed E-state index contributed by atoms with van der Waals surface area (Å²) >= 11 is 7.19. The summed E-state index contributed by atoms with van der Waals surface area (Å²) in [4.78, 5) is 9.04. The predicted molar refractivity (Wildman–Crippen MR) is 119 cm³/mol. The molecule has 1 aliphatic carbocycles. The second-order valence-electron chi connectivity index (χ2n) is 8.31. The number of alkyl halides is 1. The van der Waals surface area contributed by atoms with Gasteiger partial charge in [0.15, 0.2) is 5.82 Å². The molecule has 3 aromatic rings. The summed E-state index contributed by atoms with van der Waals surface area (Å²) in [5.41, 5.74) is 5.66. The molecule has 1 aromatic carbocycles. The van der Waals surface area contributed by atoms with Crippen LogP contribution in [0.2, 0.25) is 0 Å². The Morgan fingerprint density at radius 3 is 2.53 bits per heavy atom. The van der Waals surface area contributed by atoms with E-state index in [1.165, 1.54) is 11.1 Å². The molecule has 6 nitrogen and oxygen atoms in total. The number of fused-ring (bicyclic) bond motifs is 3. The average Bonchev–Trinajstić information content (AvgIpc) is 3.09. The molecule has 2 aliphatic rings. The van der Waals surface area contributed by atoms with Gasteiger partial charge in [0.2, 0.25) is 0 Å². The van der Waals surface area contributed by atoms with Crippen molar-refractivity contribution in [3.05, 3.63) is 64.8 Å². The van der Waals surface area contributed by atoms with E-state index in [1.807, 2.05) is 19.9 Å². The smallest absolute Gasteiger partial charge is 0.151 e. The maximum absolute atomic E-state index is 7.19. The van der Waals surface area contributed by atoms with Crippen molar-refractivity contribution in [2.24, 2.45) is 0 Å². The number of hydrogen-bond acceptors (Lipinski definition) is 5. The summed E-state index contributed by atoms with van der Waals surface area (Å²) in [6, 6.07) is 8.63. The lowest BCUT2D eigenvalue weighted by Gasteiger charge is -2.35. The van der Waals surface area contributed by atoms with Gasteiger partial charge in [0.1, 0.15) is 12.2 Å². The SMILES string of the molecule is Cc1cc(C)nc(C2CCC(Cl)(c3ccc4c(c3)CNCc3nncn3-4)CC2)n1.Cl. The highest BCUT2D eigenvalue weighted by molar-refractivity contribution is 6.24. The number of nitrogens with zero attached hydrogens (tertiary/aromatic N) is 5. The normalized spacial score (nSPS) is 23.1. The zero-order valence-corrected chi connectivity index (χ0v) is 18.8. The first-order chi connectivity index (χ1) is 14.0. The van der Waals surface area contributed by atoms with Crippen molar-refractivity contribution >= 4 is 24.0 Å². The minimum absolute atomic E-state index is 0. The first kappa shape index (κ1) is 21.2. The molecule has 0 atom stereocenters. The van der Waals surface area contributed by atoms with E-state index in [1.54, 1.807) is 6.33 Å². The highest BCUT2D eigenvalue weighted by Gasteiger charge is 2.37. The van der Waals surface area contributed by atoms with E-state index in [9.17, 15) is 0 Å². The van der Waals surface area contributed by atoms with Crippen LogP contribution in [-0.2, 0) is 18.0 Å². The number of hydrogen-bond donors (Lipinski definition) is 1. The third-order valence-corrected chi connectivity index (χ3v) is 6.81. The molecule has 158 valence electrons. The Balaban J connectivity index is 0.00000218. The number of nitrogens with one attached hydrogen (secondary N) is 1. The fourth-order valence-corrected chi connectivity index (χ4v) is 5.02. The van der Waals surface area contributed by atoms with Crippen LogP contribution in [0.25, 0.3) is 5.69 Å². The Morgan fingerprint density at radius 1 is 1.07 bits per heavy atom. The van der Waals surface area contributed by atoms with E-state index in [0.717, 1.165) is 61.0 Å². The third kappa shape index (κ3) is 3.84. The molecule has 0 amide bonds. The van der Waals surface area contributed by atoms with Gasteiger partial charge in [-0.25, -0.2) is 9.97 Å². The van der Waals surface area contributed by atoms with Gasteiger partial charge in [-0.05, 0) is 62.8 Å². The highest BCUT2D eigenvalue weighted by Crippen LogP contribution is 2.47. The zero-order valence-electron chi connectivity index (χ0n) is 17.2. The van der Waals surface area contributed by atoms with Gasteiger partial charge in [-0.3, -0.25) is 4.57 Å². The standard InChI is InChI=1S/C22H25ClN6.ClH/c1-14-9-15(2)27-21(26-14)16-5-7-22(23,8-6-16)18-3-4-19-17(10-18)11-24-12-20-28-25-13-29(19)20;/h3-4,9-10,13,16,24H,5-8,11-12H2,1-2H3;1H. The lowest BCUT2D eigenvalue weighted by Crippen LogP contribution is -2.27. The first-order valence-electron chi connectivity index (χ1n) is 10.3. The van der Waals surface area contributed by atoms with E-state index < -0.39 is 0 Å². The van der Waals surface area contributed by atoms with Crippen LogP contribution in [0, 0.1) is 13.8 Å². The van der Waals surface area contributed by atoms with Crippen molar-refractivity contribution in [2.75, 3.05) is 0 Å². The number of halogens is 2. The van der Waals surface area contributed by atoms with Gasteiger partial charge >= 0.3 is 0 Å². The molecule has 8 heteroatoms. The van der Waals surface area contributed by atoms with Gasteiger partial charge in [0.05, 0.1) is 17.1 Å². The highest BCUT2D eigenvalue weighted by atomic mass is 35.5. The molecule has 0 bridgehead atoms. The van der Waals surface area contributed by atoms with E-state index in [4.69, 9.17) is 11.6 Å². The van der Waals surface area contributed by atoms with Crippen molar-refractivity contribution in [1.29, 1.82) is 0 Å². The Hall–Kier alpha value is -2.02. The molecule has 1 aliphatic heterocycles. The topological polar surface area (TPSA) is 68.5 Å². The third-order valence-electron chi connectivity index (χ3n) is 6.22. The van der Waals surface area contributed by atoms with Crippen molar-refractivity contribution in [3.63, 3.8) is 0 Å². The number of aryl methyl sites for hydroxylation is 2. The van der Waals surface area contributed by atoms with Crippen LogP contribution >= 0.6 is 24.0 Å². The van der Waals surface area contributed by atoms with E-state index in [2.05, 4.69) is 48.2 Å². The Labute approximate surface area is 187 Å². The Bertz CT molecular complexity index is 1040. The summed E-state index contributed by atoms with van der Waals surface area (Å²) in [5.74, 6) is 2.31. The van der Waals surface area contributed by atoms with Crippen LogP contribution in [0.15, 0.2) is 30.6 Å². The quantitative estimate of drug-likeness (QED) is 0.589. The number of benzene rings is 1. The van der Waals surface area contributed by atoms with Gasteiger partial charge in [0.25, 0.3) is 0 Å². The van der Waals surface area contributed by atoms with Crippen LogP contribution in [0.3, 0.4) is 0 Å². The van der Waals surface area contributed by atoms with Crippen LogP contribution < -0.4 is 5.32 Å². The Morgan fingerprint density at radius 2 is 1.80 bits per heavy atom. The summed E-state index contributed by atoms with van der Waals surface area (Å²) < 4.78 is 2.06. The minimum Gasteiger partial charge on any atom is -0.306 e. The molecule has 30 heavy (non-hydrogen) atoms. The molecule has 1 saturated carbocycles. The summed E-state index contributed by atoms with van der Waals surface area (Å²) in [6.45, 7) is 5.60. The maximum Gasteiger partial charge on any atom is 0.151 e. The molecule has 5 rings (SSSR count). The summed E-state index contributed by atoms with van der Waals surface area (Å²) in [6.07, 6.45) is 5.67. The summed E-state index contributed by atoms with van der Waals surface area (Å²) in [7, 11) is 0. The molecular formula is C22H26Cl2N6. The minimum atomic E-state index is -0.327. The molecule has 0 unspecified atom stereocenters. The molecule has 3 heterocycles. The van der Waals surface area contributed by atoms with Crippen LogP contribution in [0.4, 0.5) is 0 Å². The van der Waals surface area contributed by atoms with E-state index >= 15 is 0 Å². The van der Waals surface area contributed by atoms with Crippen molar-refractivity contribution < 1.29 is 0 Å². The van der Waals surface area contributed by atoms with Crippen molar-refractivity contribution in [1.82, 2.24) is 30.0 Å². The second-order valence-corrected chi connectivity index (χ2v) is 9.04. The van der Waals surface area contributed by atoms with Crippen LogP contribution in [-0.4, -0.2) is 24.7 Å². The lowest BCUT2D eigenvalue weighted by molar-refractivity contribution is 0.349. The van der Waals surface area contributed by atoms with Gasteiger partial charge in [-0.15, -0.1) is 34.2 Å². The van der Waals surface area contributed by atoms with Crippen molar-refractivity contribution in [3.8, 4) is 5.69 Å². The maximum atomic E-state index is 7.19. The molecule has 1 N–H and O–H groups in total. The average molecular weight is 445 g/mol. The van der Waals surface area contributed by atoms with Gasteiger partial charge < -0.3 is 5.32 Å². The van der Waals surface area contributed by atoms with Gasteiger partial charge in [-0.2, -0.15) is 0 Å². The lowest BCUT2D eigenvalue weighted by atomic mass is 9.77. The second kappa shape index (κ2) is 8.25. The predicted octanol–water partition coefficient (Wildman–Crippen LogP) is 4.49. The largest absolute Gasteiger partial charge is 0.306 e.